The topological polar surface area (TPSA) is 54.4 Å². The van der Waals surface area contributed by atoms with Crippen LogP contribution in [0.3, 0.4) is 0 Å². The van der Waals surface area contributed by atoms with Gasteiger partial charge in [0.25, 0.3) is 0 Å². The standard InChI is InChI=1S/C15H12Cl2O3S/c1-9-5-6-10(7-11(9)15(18)19)21(20)8-12-13(16)3-2-4-14(12)17/h2-7H,8H2,1H3,(H,18,19). The van der Waals surface area contributed by atoms with Crippen molar-refractivity contribution in [2.24, 2.45) is 0 Å². The van der Waals surface area contributed by atoms with Gasteiger partial charge >= 0.3 is 5.97 Å². The molecule has 0 radical (unpaired) electrons. The van der Waals surface area contributed by atoms with E-state index >= 15 is 0 Å². The van der Waals surface area contributed by atoms with Crippen LogP contribution in [0.25, 0.3) is 0 Å². The molecule has 0 aliphatic rings. The van der Waals surface area contributed by atoms with E-state index in [1.807, 2.05) is 0 Å². The van der Waals surface area contributed by atoms with Crippen LogP contribution in [0.4, 0.5) is 0 Å². The maximum absolute atomic E-state index is 12.4. The van der Waals surface area contributed by atoms with Gasteiger partial charge in [-0.3, -0.25) is 4.21 Å². The first-order valence-electron chi connectivity index (χ1n) is 6.05. The molecular formula is C15H12Cl2O3S. The number of carbonyl (C=O) groups is 1. The van der Waals surface area contributed by atoms with Gasteiger partial charge in [-0.05, 0) is 36.8 Å². The highest BCUT2D eigenvalue weighted by molar-refractivity contribution is 7.84. The Bertz CT molecular complexity index is 709. The van der Waals surface area contributed by atoms with Crippen molar-refractivity contribution >= 4 is 40.0 Å². The van der Waals surface area contributed by atoms with E-state index in [1.165, 1.54) is 6.07 Å². The van der Waals surface area contributed by atoms with Gasteiger partial charge in [0.1, 0.15) is 0 Å². The Morgan fingerprint density at radius 1 is 1.19 bits per heavy atom. The smallest absolute Gasteiger partial charge is 0.335 e. The van der Waals surface area contributed by atoms with Crippen LogP contribution in [0.15, 0.2) is 41.3 Å². The third kappa shape index (κ3) is 3.64. The lowest BCUT2D eigenvalue weighted by atomic mass is 10.1. The molecular weight excluding hydrogens is 331 g/mol. The number of hydrogen-bond donors (Lipinski definition) is 1. The van der Waals surface area contributed by atoms with Crippen LogP contribution >= 0.6 is 23.2 Å². The van der Waals surface area contributed by atoms with E-state index in [0.717, 1.165) is 0 Å². The molecule has 0 aliphatic heterocycles. The van der Waals surface area contributed by atoms with Crippen LogP contribution in [-0.4, -0.2) is 15.3 Å². The Kier molecular flexibility index (Phi) is 5.04. The highest BCUT2D eigenvalue weighted by Gasteiger charge is 2.14. The Hall–Kier alpha value is -1.36. The van der Waals surface area contributed by atoms with Crippen LogP contribution in [0.1, 0.15) is 21.5 Å². The van der Waals surface area contributed by atoms with E-state index in [4.69, 9.17) is 28.3 Å². The maximum atomic E-state index is 12.4. The number of carboxylic acids is 1. The lowest BCUT2D eigenvalue weighted by Gasteiger charge is -2.08. The summed E-state index contributed by atoms with van der Waals surface area (Å²) in [7, 11) is -1.42. The van der Waals surface area contributed by atoms with Crippen LogP contribution in [0, 0.1) is 6.92 Å². The summed E-state index contributed by atoms with van der Waals surface area (Å²) in [6, 6.07) is 9.80. The Morgan fingerprint density at radius 2 is 1.81 bits per heavy atom. The highest BCUT2D eigenvalue weighted by atomic mass is 35.5. The summed E-state index contributed by atoms with van der Waals surface area (Å²) in [4.78, 5) is 11.6. The largest absolute Gasteiger partial charge is 0.478 e. The molecule has 2 aromatic rings. The zero-order valence-electron chi connectivity index (χ0n) is 11.1. The second kappa shape index (κ2) is 6.60. The second-order valence-electron chi connectivity index (χ2n) is 4.47. The Morgan fingerprint density at radius 3 is 2.38 bits per heavy atom. The van der Waals surface area contributed by atoms with Gasteiger partial charge in [-0.2, -0.15) is 0 Å². The lowest BCUT2D eigenvalue weighted by Crippen LogP contribution is -2.03. The normalized spacial score (nSPS) is 12.1. The van der Waals surface area contributed by atoms with Crippen molar-refractivity contribution in [3.05, 3.63) is 63.1 Å². The Labute approximate surface area is 135 Å². The highest BCUT2D eigenvalue weighted by Crippen LogP contribution is 2.27. The van der Waals surface area contributed by atoms with E-state index in [0.29, 0.717) is 26.1 Å². The summed E-state index contributed by atoms with van der Waals surface area (Å²) in [5, 5.41) is 10.0. The fraction of sp³-hybridized carbons (Fsp3) is 0.133. The summed E-state index contributed by atoms with van der Waals surface area (Å²) in [5.74, 6) is -0.900. The zero-order valence-corrected chi connectivity index (χ0v) is 13.4. The van der Waals surface area contributed by atoms with Crippen molar-refractivity contribution in [2.45, 2.75) is 17.6 Å². The van der Waals surface area contributed by atoms with Gasteiger partial charge < -0.3 is 5.11 Å². The summed E-state index contributed by atoms with van der Waals surface area (Å²) < 4.78 is 12.4. The number of benzene rings is 2. The molecule has 6 heteroatoms. The molecule has 1 N–H and O–H groups in total. The Balaban J connectivity index is 2.33. The van der Waals surface area contributed by atoms with Crippen molar-refractivity contribution in [1.82, 2.24) is 0 Å². The van der Waals surface area contributed by atoms with Crippen LogP contribution in [0.2, 0.25) is 10.0 Å². The van der Waals surface area contributed by atoms with E-state index < -0.39 is 16.8 Å². The first-order valence-corrected chi connectivity index (χ1v) is 8.13. The molecule has 0 amide bonds. The SMILES string of the molecule is Cc1ccc(S(=O)Cc2c(Cl)cccc2Cl)cc1C(=O)O. The average molecular weight is 343 g/mol. The molecule has 0 saturated carbocycles. The van der Waals surface area contributed by atoms with Gasteiger partial charge in [-0.1, -0.05) is 35.3 Å². The van der Waals surface area contributed by atoms with Crippen LogP contribution in [0.5, 0.6) is 0 Å². The molecule has 0 aliphatic carbocycles. The number of hydrogen-bond acceptors (Lipinski definition) is 2. The minimum Gasteiger partial charge on any atom is -0.478 e. The summed E-state index contributed by atoms with van der Waals surface area (Å²) in [6.45, 7) is 1.70. The molecule has 1 atom stereocenters. The van der Waals surface area contributed by atoms with Gasteiger partial charge in [0.2, 0.25) is 0 Å². The number of halogens is 2. The van der Waals surface area contributed by atoms with Crippen molar-refractivity contribution in [3.63, 3.8) is 0 Å². The van der Waals surface area contributed by atoms with Crippen LogP contribution in [-0.2, 0) is 16.6 Å². The predicted octanol–water partition coefficient (Wildman–Crippen LogP) is 4.31. The summed E-state index contributed by atoms with van der Waals surface area (Å²) >= 11 is 12.1. The third-order valence-corrected chi connectivity index (χ3v) is 5.08. The molecule has 2 rings (SSSR count). The first-order chi connectivity index (χ1) is 9.90. The minimum absolute atomic E-state index is 0.140. The second-order valence-corrected chi connectivity index (χ2v) is 6.74. The molecule has 0 saturated heterocycles. The predicted molar refractivity (Wildman–Crippen MR) is 84.7 cm³/mol. The van der Waals surface area contributed by atoms with Crippen molar-refractivity contribution in [1.29, 1.82) is 0 Å². The third-order valence-electron chi connectivity index (χ3n) is 3.04. The number of carboxylic acid groups (broad SMARTS) is 1. The molecule has 0 heterocycles. The van der Waals surface area contributed by atoms with E-state index in [-0.39, 0.29) is 11.3 Å². The quantitative estimate of drug-likeness (QED) is 0.900. The molecule has 110 valence electrons. The maximum Gasteiger partial charge on any atom is 0.335 e. The van der Waals surface area contributed by atoms with Gasteiger partial charge in [0.15, 0.2) is 0 Å². The lowest BCUT2D eigenvalue weighted by molar-refractivity contribution is 0.0696. The summed E-state index contributed by atoms with van der Waals surface area (Å²) in [6.07, 6.45) is 0. The number of aryl methyl sites for hydroxylation is 1. The van der Waals surface area contributed by atoms with Gasteiger partial charge in [-0.25, -0.2) is 4.79 Å². The fourth-order valence-electron chi connectivity index (χ4n) is 1.86. The molecule has 1 unspecified atom stereocenters. The molecule has 0 bridgehead atoms. The summed E-state index contributed by atoms with van der Waals surface area (Å²) in [5.41, 5.74) is 1.36. The molecule has 21 heavy (non-hydrogen) atoms. The average Bonchev–Trinajstić information content (AvgIpc) is 2.43. The van der Waals surface area contributed by atoms with Gasteiger partial charge in [0.05, 0.1) is 22.1 Å². The van der Waals surface area contributed by atoms with Crippen LogP contribution < -0.4 is 0 Å². The molecule has 3 nitrogen and oxygen atoms in total. The minimum atomic E-state index is -1.42. The van der Waals surface area contributed by atoms with Gasteiger partial charge in [0, 0.05) is 20.5 Å². The zero-order chi connectivity index (χ0) is 15.6. The molecule has 0 aromatic heterocycles. The van der Waals surface area contributed by atoms with Crippen molar-refractivity contribution in [3.8, 4) is 0 Å². The number of aromatic carboxylic acids is 1. The monoisotopic (exact) mass is 342 g/mol. The van der Waals surface area contributed by atoms with E-state index in [2.05, 4.69) is 0 Å². The van der Waals surface area contributed by atoms with Gasteiger partial charge in [-0.15, -0.1) is 0 Å². The van der Waals surface area contributed by atoms with E-state index in [1.54, 1.807) is 37.3 Å². The van der Waals surface area contributed by atoms with E-state index in [9.17, 15) is 9.00 Å². The van der Waals surface area contributed by atoms with Crippen molar-refractivity contribution < 1.29 is 14.1 Å². The molecule has 2 aromatic carbocycles. The number of rotatable bonds is 4. The first kappa shape index (κ1) is 16.0. The molecule has 0 fully saturated rings. The fourth-order valence-corrected chi connectivity index (χ4v) is 3.76. The van der Waals surface area contributed by atoms with Crippen molar-refractivity contribution in [2.75, 3.05) is 0 Å². The molecule has 0 spiro atoms.